The molecule has 128 valence electrons. The molecule has 1 fully saturated rings. The minimum Gasteiger partial charge on any atom is -0.478 e. The number of aromatic carboxylic acids is 1. The van der Waals surface area contributed by atoms with Crippen molar-refractivity contribution in [3.8, 4) is 0 Å². The number of amides is 3. The van der Waals surface area contributed by atoms with E-state index < -0.39 is 5.97 Å². The molecule has 1 heterocycles. The highest BCUT2D eigenvalue weighted by Crippen LogP contribution is 2.41. The average molecular weight is 668 g/mol. The van der Waals surface area contributed by atoms with E-state index in [4.69, 9.17) is 0 Å². The lowest BCUT2D eigenvalue weighted by molar-refractivity contribution is -0.129. The number of carbonyl (C=O) groups excluding carboxylic acids is 3. The van der Waals surface area contributed by atoms with E-state index >= 15 is 0 Å². The Bertz CT molecular complexity index is 762. The fourth-order valence-electron chi connectivity index (χ4n) is 2.32. The second-order valence-electron chi connectivity index (χ2n) is 5.00. The van der Waals surface area contributed by atoms with E-state index in [0.717, 1.165) is 4.90 Å². The minimum atomic E-state index is -1.19. The van der Waals surface area contributed by atoms with Crippen LogP contribution >= 0.6 is 67.8 Å². The maximum absolute atomic E-state index is 12.3. The van der Waals surface area contributed by atoms with Crippen molar-refractivity contribution in [1.29, 1.82) is 0 Å². The van der Waals surface area contributed by atoms with Crippen molar-refractivity contribution in [2.75, 3.05) is 10.2 Å². The molecule has 7 nitrogen and oxygen atoms in total. The fourth-order valence-corrected chi connectivity index (χ4v) is 6.70. The summed E-state index contributed by atoms with van der Waals surface area (Å²) >= 11 is 5.60. The lowest BCUT2D eigenvalue weighted by Gasteiger charge is -2.29. The number of hydrogen-bond acceptors (Lipinski definition) is 4. The lowest BCUT2D eigenvalue weighted by Crippen LogP contribution is -2.41. The molecule has 0 aliphatic carbocycles. The van der Waals surface area contributed by atoms with Crippen LogP contribution in [0.2, 0.25) is 0 Å². The summed E-state index contributed by atoms with van der Waals surface area (Å²) in [6.45, 7) is 1.31. The van der Waals surface area contributed by atoms with E-state index in [9.17, 15) is 24.3 Å². The van der Waals surface area contributed by atoms with Gasteiger partial charge < -0.3 is 10.4 Å². The summed E-state index contributed by atoms with van der Waals surface area (Å²) in [5.74, 6) is -2.29. The first-order valence-electron chi connectivity index (χ1n) is 6.73. The summed E-state index contributed by atoms with van der Waals surface area (Å²) in [6.07, 6.45) is 0.930. The van der Waals surface area contributed by atoms with Gasteiger partial charge in [0.25, 0.3) is 0 Å². The van der Waals surface area contributed by atoms with E-state index in [2.05, 4.69) is 5.32 Å². The Hall–Kier alpha value is -0.510. The number of benzene rings is 1. The molecule has 24 heavy (non-hydrogen) atoms. The number of carboxylic acids is 1. The third kappa shape index (κ3) is 3.68. The van der Waals surface area contributed by atoms with E-state index in [0.29, 0.717) is 22.8 Å². The topological polar surface area (TPSA) is 104 Å². The zero-order chi connectivity index (χ0) is 18.2. The highest BCUT2D eigenvalue weighted by atomic mass is 127. The Morgan fingerprint density at radius 2 is 1.58 bits per heavy atom. The van der Waals surface area contributed by atoms with Gasteiger partial charge in [-0.2, -0.15) is 0 Å². The normalized spacial score (nSPS) is 14.8. The van der Waals surface area contributed by atoms with Crippen molar-refractivity contribution >= 4 is 103 Å². The van der Waals surface area contributed by atoms with Crippen molar-refractivity contribution in [3.05, 3.63) is 16.3 Å². The van der Waals surface area contributed by atoms with Crippen LogP contribution in [0, 0.1) is 10.7 Å². The van der Waals surface area contributed by atoms with Gasteiger partial charge in [0.15, 0.2) is 0 Å². The molecule has 1 aromatic rings. The molecule has 1 aliphatic heterocycles. The molecule has 1 aromatic carbocycles. The predicted octanol–water partition coefficient (Wildman–Crippen LogP) is 3.20. The molecule has 0 unspecified atom stereocenters. The molecular weight excluding hydrogens is 657 g/mol. The molecule has 0 bridgehead atoms. The van der Waals surface area contributed by atoms with Gasteiger partial charge >= 0.3 is 5.97 Å². The third-order valence-electron chi connectivity index (χ3n) is 3.31. The van der Waals surface area contributed by atoms with Crippen LogP contribution in [0.3, 0.4) is 0 Å². The zero-order valence-electron chi connectivity index (χ0n) is 12.3. The molecule has 3 amide bonds. The molecule has 1 aliphatic rings. The number of halogens is 3. The molecule has 0 radical (unpaired) electrons. The third-order valence-corrected chi connectivity index (χ3v) is 6.49. The number of anilines is 2. The number of carbonyl (C=O) groups is 4. The van der Waals surface area contributed by atoms with Crippen LogP contribution in [0.5, 0.6) is 0 Å². The first-order valence-corrected chi connectivity index (χ1v) is 9.97. The number of rotatable bonds is 3. The Morgan fingerprint density at radius 3 is 2.04 bits per heavy atom. The molecule has 1 saturated heterocycles. The number of imide groups is 1. The Morgan fingerprint density at radius 1 is 1.04 bits per heavy atom. The quantitative estimate of drug-likeness (QED) is 0.381. The van der Waals surface area contributed by atoms with Gasteiger partial charge in [-0.15, -0.1) is 0 Å². The molecule has 0 aromatic heterocycles. The van der Waals surface area contributed by atoms with Gasteiger partial charge in [-0.05, 0) is 74.2 Å². The maximum atomic E-state index is 12.3. The second kappa shape index (κ2) is 7.80. The van der Waals surface area contributed by atoms with Crippen molar-refractivity contribution in [2.24, 2.45) is 0 Å². The van der Waals surface area contributed by atoms with Crippen LogP contribution in [0.1, 0.15) is 36.5 Å². The van der Waals surface area contributed by atoms with E-state index in [1.54, 1.807) is 0 Å². The number of piperidine rings is 1. The molecule has 0 spiro atoms. The molecule has 10 heteroatoms. The SMILES string of the molecule is CC(=O)Nc1c(I)c(C(=O)O)c(I)c(N2C(=O)CCCC2=O)c1I. The first-order chi connectivity index (χ1) is 11.2. The van der Waals surface area contributed by atoms with Gasteiger partial charge in [0.05, 0.1) is 27.6 Å². The summed E-state index contributed by atoms with van der Waals surface area (Å²) in [7, 11) is 0. The number of carboxylic acid groups (broad SMARTS) is 1. The van der Waals surface area contributed by atoms with Gasteiger partial charge in [0.1, 0.15) is 0 Å². The van der Waals surface area contributed by atoms with Gasteiger partial charge in [0.2, 0.25) is 17.7 Å². The number of hydrogen-bond donors (Lipinski definition) is 2. The maximum Gasteiger partial charge on any atom is 0.338 e. The zero-order valence-corrected chi connectivity index (χ0v) is 18.8. The molecule has 2 rings (SSSR count). The summed E-state index contributed by atoms with van der Waals surface area (Å²) in [4.78, 5) is 48.7. The summed E-state index contributed by atoms with van der Waals surface area (Å²) in [6, 6.07) is 0. The Kier molecular flexibility index (Phi) is 6.44. The summed E-state index contributed by atoms with van der Waals surface area (Å²) in [5.41, 5.74) is 0.483. The number of nitrogens with zero attached hydrogens (tertiary/aromatic N) is 1. The van der Waals surface area contributed by atoms with Crippen LogP contribution in [0.4, 0.5) is 11.4 Å². The van der Waals surface area contributed by atoms with Crippen LogP contribution in [-0.4, -0.2) is 28.8 Å². The van der Waals surface area contributed by atoms with Crippen LogP contribution < -0.4 is 10.2 Å². The Labute approximate surface area is 178 Å². The monoisotopic (exact) mass is 668 g/mol. The van der Waals surface area contributed by atoms with Crippen molar-refractivity contribution in [1.82, 2.24) is 0 Å². The van der Waals surface area contributed by atoms with E-state index in [1.165, 1.54) is 6.92 Å². The second-order valence-corrected chi connectivity index (χ2v) is 8.24. The molecular formula is C14H11I3N2O5. The minimum absolute atomic E-state index is 0.0402. The number of nitrogens with one attached hydrogen (secondary N) is 1. The van der Waals surface area contributed by atoms with E-state index in [1.807, 2.05) is 67.8 Å². The van der Waals surface area contributed by atoms with Crippen molar-refractivity contribution in [2.45, 2.75) is 26.2 Å². The van der Waals surface area contributed by atoms with Gasteiger partial charge in [0, 0.05) is 19.8 Å². The summed E-state index contributed by atoms with van der Waals surface area (Å²) < 4.78 is 1.11. The van der Waals surface area contributed by atoms with Gasteiger partial charge in [-0.3, -0.25) is 14.4 Å². The predicted molar refractivity (Wildman–Crippen MR) is 112 cm³/mol. The standard InChI is InChI=1S/C14H11I3N2O5/c1-5(20)18-12-9(15)8(14(23)24)10(16)13(11(12)17)19-6(21)3-2-4-7(19)22/h2-4H2,1H3,(H,18,20)(H,23,24). The first kappa shape index (κ1) is 19.8. The van der Waals surface area contributed by atoms with E-state index in [-0.39, 0.29) is 41.8 Å². The summed E-state index contributed by atoms with van der Waals surface area (Å²) in [5, 5.41) is 12.1. The van der Waals surface area contributed by atoms with Gasteiger partial charge in [-0.25, -0.2) is 9.69 Å². The molecule has 0 saturated carbocycles. The lowest BCUT2D eigenvalue weighted by atomic mass is 10.1. The Balaban J connectivity index is 2.81. The van der Waals surface area contributed by atoms with Crippen molar-refractivity contribution < 1.29 is 24.3 Å². The fraction of sp³-hybridized carbons (Fsp3) is 0.286. The average Bonchev–Trinajstić information content (AvgIpc) is 2.46. The van der Waals surface area contributed by atoms with Crippen LogP contribution in [0.25, 0.3) is 0 Å². The highest BCUT2D eigenvalue weighted by molar-refractivity contribution is 14.1. The largest absolute Gasteiger partial charge is 0.478 e. The highest BCUT2D eigenvalue weighted by Gasteiger charge is 2.34. The van der Waals surface area contributed by atoms with Crippen LogP contribution in [0.15, 0.2) is 0 Å². The van der Waals surface area contributed by atoms with Crippen molar-refractivity contribution in [3.63, 3.8) is 0 Å². The molecule has 0 atom stereocenters. The molecule has 2 N–H and O–H groups in total. The smallest absolute Gasteiger partial charge is 0.338 e. The van der Waals surface area contributed by atoms with Gasteiger partial charge in [-0.1, -0.05) is 0 Å². The van der Waals surface area contributed by atoms with Crippen LogP contribution in [-0.2, 0) is 14.4 Å².